The van der Waals surface area contributed by atoms with Gasteiger partial charge in [0, 0.05) is 11.8 Å². The molecule has 0 heterocycles. The van der Waals surface area contributed by atoms with Crippen molar-refractivity contribution >= 4 is 5.69 Å². The number of nitrogens with zero attached hydrogens (tertiary/aromatic N) is 1. The van der Waals surface area contributed by atoms with Gasteiger partial charge in [0.2, 0.25) is 0 Å². The summed E-state index contributed by atoms with van der Waals surface area (Å²) in [5.41, 5.74) is 5.82. The molecule has 0 aliphatic rings. The van der Waals surface area contributed by atoms with Crippen molar-refractivity contribution < 1.29 is 18.3 Å². The highest BCUT2D eigenvalue weighted by atomic mass is 19.1. The van der Waals surface area contributed by atoms with Gasteiger partial charge >= 0.3 is 0 Å². The fourth-order valence-electron chi connectivity index (χ4n) is 1.60. The lowest BCUT2D eigenvalue weighted by atomic mass is 10.2. The first-order valence-corrected chi connectivity index (χ1v) is 5.55. The fraction of sp³-hybridized carbons (Fsp3) is 0.0714. The van der Waals surface area contributed by atoms with E-state index in [9.17, 15) is 8.78 Å². The van der Waals surface area contributed by atoms with Crippen LogP contribution in [0.4, 0.5) is 14.5 Å². The predicted molar refractivity (Wildman–Crippen MR) is 68.6 cm³/mol. The van der Waals surface area contributed by atoms with Crippen molar-refractivity contribution in [2.75, 3.05) is 12.8 Å². The average Bonchev–Trinajstić information content (AvgIpc) is 2.42. The van der Waals surface area contributed by atoms with Crippen molar-refractivity contribution in [3.8, 4) is 23.3 Å². The number of anilines is 1. The number of nitrogens with two attached hydrogens (primary N) is 1. The monoisotopic (exact) mass is 276 g/mol. The van der Waals surface area contributed by atoms with E-state index >= 15 is 0 Å². The number of nitrogen functional groups attached to an aromatic ring is 1. The van der Waals surface area contributed by atoms with Crippen molar-refractivity contribution in [3.05, 3.63) is 47.5 Å². The summed E-state index contributed by atoms with van der Waals surface area (Å²) in [4.78, 5) is 0. The molecule has 6 heteroatoms. The molecule has 2 aromatic rings. The van der Waals surface area contributed by atoms with Crippen LogP contribution in [0.5, 0.6) is 17.2 Å². The van der Waals surface area contributed by atoms with Crippen molar-refractivity contribution in [3.63, 3.8) is 0 Å². The third kappa shape index (κ3) is 2.62. The smallest absolute Gasteiger partial charge is 0.198 e. The van der Waals surface area contributed by atoms with Gasteiger partial charge in [-0.3, -0.25) is 0 Å². The molecule has 0 aromatic heterocycles. The van der Waals surface area contributed by atoms with E-state index < -0.39 is 17.4 Å². The van der Waals surface area contributed by atoms with Gasteiger partial charge in [-0.05, 0) is 24.3 Å². The highest BCUT2D eigenvalue weighted by Gasteiger charge is 2.16. The third-order valence-electron chi connectivity index (χ3n) is 2.53. The van der Waals surface area contributed by atoms with Crippen molar-refractivity contribution in [1.29, 1.82) is 5.26 Å². The van der Waals surface area contributed by atoms with Gasteiger partial charge in [-0.2, -0.15) is 5.26 Å². The van der Waals surface area contributed by atoms with Crippen LogP contribution in [0.3, 0.4) is 0 Å². The van der Waals surface area contributed by atoms with E-state index in [1.165, 1.54) is 19.2 Å². The van der Waals surface area contributed by atoms with E-state index in [2.05, 4.69) is 0 Å². The number of hydrogen-bond acceptors (Lipinski definition) is 4. The van der Waals surface area contributed by atoms with E-state index in [-0.39, 0.29) is 17.1 Å². The largest absolute Gasteiger partial charge is 0.493 e. The number of hydrogen-bond donors (Lipinski definition) is 1. The SMILES string of the molecule is COc1ccc(N)cc1Oc1c(F)cc(C#N)cc1F. The van der Waals surface area contributed by atoms with Gasteiger partial charge in [0.25, 0.3) is 0 Å². The molecule has 0 saturated heterocycles. The maximum Gasteiger partial charge on any atom is 0.198 e. The maximum absolute atomic E-state index is 13.7. The Labute approximate surface area is 114 Å². The highest BCUT2D eigenvalue weighted by molar-refractivity contribution is 5.53. The number of methoxy groups -OCH3 is 1. The minimum absolute atomic E-state index is 0.0787. The second kappa shape index (κ2) is 5.45. The summed E-state index contributed by atoms with van der Waals surface area (Å²) in [5, 5.41) is 8.62. The van der Waals surface area contributed by atoms with Crippen LogP contribution in [-0.2, 0) is 0 Å². The Kier molecular flexibility index (Phi) is 3.71. The van der Waals surface area contributed by atoms with E-state index in [0.717, 1.165) is 12.1 Å². The quantitative estimate of drug-likeness (QED) is 0.874. The minimum atomic E-state index is -0.981. The molecule has 0 spiro atoms. The molecule has 0 aliphatic heterocycles. The van der Waals surface area contributed by atoms with Gasteiger partial charge in [-0.25, -0.2) is 8.78 Å². The van der Waals surface area contributed by atoms with E-state index in [4.69, 9.17) is 20.5 Å². The zero-order chi connectivity index (χ0) is 14.7. The van der Waals surface area contributed by atoms with Crippen molar-refractivity contribution in [2.24, 2.45) is 0 Å². The number of nitriles is 1. The Morgan fingerprint density at radius 1 is 1.10 bits per heavy atom. The summed E-state index contributed by atoms with van der Waals surface area (Å²) < 4.78 is 37.7. The second-order valence-corrected chi connectivity index (χ2v) is 3.89. The molecule has 0 atom stereocenters. The van der Waals surface area contributed by atoms with Crippen molar-refractivity contribution in [1.82, 2.24) is 0 Å². The average molecular weight is 276 g/mol. The molecule has 2 rings (SSSR count). The first-order chi connectivity index (χ1) is 9.55. The molecular weight excluding hydrogens is 266 g/mol. The molecule has 0 radical (unpaired) electrons. The van der Waals surface area contributed by atoms with Gasteiger partial charge in [0.05, 0.1) is 18.7 Å². The molecule has 2 aromatic carbocycles. The molecule has 4 nitrogen and oxygen atoms in total. The van der Waals surface area contributed by atoms with Crippen LogP contribution in [0.2, 0.25) is 0 Å². The van der Waals surface area contributed by atoms with Crippen LogP contribution in [0.15, 0.2) is 30.3 Å². The minimum Gasteiger partial charge on any atom is -0.493 e. The third-order valence-corrected chi connectivity index (χ3v) is 2.53. The summed E-state index contributed by atoms with van der Waals surface area (Å²) in [6.45, 7) is 0. The topological polar surface area (TPSA) is 68.3 Å². The van der Waals surface area contributed by atoms with Gasteiger partial charge < -0.3 is 15.2 Å². The first-order valence-electron chi connectivity index (χ1n) is 5.55. The number of ether oxygens (including phenoxy) is 2. The number of rotatable bonds is 3. The highest BCUT2D eigenvalue weighted by Crippen LogP contribution is 2.35. The Balaban J connectivity index is 2.45. The molecule has 0 fully saturated rings. The van der Waals surface area contributed by atoms with Gasteiger partial charge in [0.15, 0.2) is 28.9 Å². The lowest BCUT2D eigenvalue weighted by molar-refractivity contribution is 0.359. The molecule has 0 aliphatic carbocycles. The molecule has 0 bridgehead atoms. The predicted octanol–water partition coefficient (Wildman–Crippen LogP) is 3.22. The Morgan fingerprint density at radius 2 is 1.75 bits per heavy atom. The molecule has 0 unspecified atom stereocenters. The Hall–Kier alpha value is -2.81. The second-order valence-electron chi connectivity index (χ2n) is 3.89. The lowest BCUT2D eigenvalue weighted by Gasteiger charge is -2.12. The summed E-state index contributed by atoms with van der Waals surface area (Å²) in [6, 6.07) is 7.89. The first kappa shape index (κ1) is 13.6. The number of halogens is 2. The summed E-state index contributed by atoms with van der Waals surface area (Å²) >= 11 is 0. The van der Waals surface area contributed by atoms with Crippen LogP contribution in [0.1, 0.15) is 5.56 Å². The van der Waals surface area contributed by atoms with E-state index in [1.807, 2.05) is 0 Å². The van der Waals surface area contributed by atoms with Gasteiger partial charge in [-0.15, -0.1) is 0 Å². The number of benzene rings is 2. The maximum atomic E-state index is 13.7. The Bertz CT molecular complexity index is 673. The normalized spacial score (nSPS) is 9.90. The van der Waals surface area contributed by atoms with Crippen molar-refractivity contribution in [2.45, 2.75) is 0 Å². The molecule has 2 N–H and O–H groups in total. The van der Waals surface area contributed by atoms with Crippen LogP contribution >= 0.6 is 0 Å². The zero-order valence-corrected chi connectivity index (χ0v) is 10.5. The van der Waals surface area contributed by atoms with Gasteiger partial charge in [0.1, 0.15) is 0 Å². The van der Waals surface area contributed by atoms with E-state index in [0.29, 0.717) is 5.69 Å². The van der Waals surface area contributed by atoms with Gasteiger partial charge in [-0.1, -0.05) is 0 Å². The molecule has 0 saturated carbocycles. The molecular formula is C14H10F2N2O2. The molecule has 20 heavy (non-hydrogen) atoms. The standard InChI is InChI=1S/C14H10F2N2O2/c1-19-12-3-2-9(18)6-13(12)20-14-10(15)4-8(7-17)5-11(14)16/h2-6H,18H2,1H3. The molecule has 102 valence electrons. The lowest BCUT2D eigenvalue weighted by Crippen LogP contribution is -1.97. The van der Waals surface area contributed by atoms with Crippen LogP contribution in [0, 0.1) is 23.0 Å². The van der Waals surface area contributed by atoms with E-state index in [1.54, 1.807) is 12.1 Å². The Morgan fingerprint density at radius 3 is 2.30 bits per heavy atom. The van der Waals surface area contributed by atoms with Crippen LogP contribution in [-0.4, -0.2) is 7.11 Å². The summed E-state index contributed by atoms with van der Waals surface area (Å²) in [7, 11) is 1.39. The van der Waals surface area contributed by atoms with Crippen LogP contribution in [0.25, 0.3) is 0 Å². The summed E-state index contributed by atoms with van der Waals surface area (Å²) in [5.74, 6) is -2.22. The summed E-state index contributed by atoms with van der Waals surface area (Å²) in [6.07, 6.45) is 0. The zero-order valence-electron chi connectivity index (χ0n) is 10.5. The fourth-order valence-corrected chi connectivity index (χ4v) is 1.60. The van der Waals surface area contributed by atoms with Crippen LogP contribution < -0.4 is 15.2 Å². The molecule has 0 amide bonds.